The van der Waals surface area contributed by atoms with Gasteiger partial charge in [0.05, 0.1) is 15.6 Å². The zero-order valence-corrected chi connectivity index (χ0v) is 19.5. The van der Waals surface area contributed by atoms with Crippen LogP contribution in [0.2, 0.25) is 10.0 Å². The number of aliphatic carboxylic acids is 1. The number of nitrogens with zero attached hydrogens (tertiary/aromatic N) is 1. The summed E-state index contributed by atoms with van der Waals surface area (Å²) in [5.41, 5.74) is -0.0557. The summed E-state index contributed by atoms with van der Waals surface area (Å²) in [5.74, 6) is -6.06. The summed E-state index contributed by atoms with van der Waals surface area (Å²) >= 11 is 12.4. The Balaban J connectivity index is 1.79. The zero-order chi connectivity index (χ0) is 26.1. The van der Waals surface area contributed by atoms with E-state index in [-0.39, 0.29) is 32.1 Å². The van der Waals surface area contributed by atoms with E-state index in [1.54, 1.807) is 0 Å². The van der Waals surface area contributed by atoms with E-state index in [0.717, 1.165) is 30.3 Å². The first kappa shape index (κ1) is 25.4. The van der Waals surface area contributed by atoms with Crippen molar-refractivity contribution in [2.24, 2.45) is 0 Å². The number of aliphatic hydroxyl groups excluding tert-OH is 1. The number of aromatic nitrogens is 1. The van der Waals surface area contributed by atoms with Gasteiger partial charge < -0.3 is 15.5 Å². The molecule has 0 spiro atoms. The highest BCUT2D eigenvalue weighted by Gasteiger charge is 2.33. The fourth-order valence-corrected chi connectivity index (χ4v) is 4.50. The van der Waals surface area contributed by atoms with E-state index in [0.29, 0.717) is 5.56 Å². The Labute approximate surface area is 211 Å². The van der Waals surface area contributed by atoms with E-state index < -0.39 is 47.0 Å². The van der Waals surface area contributed by atoms with Crippen molar-refractivity contribution in [2.75, 3.05) is 0 Å². The van der Waals surface area contributed by atoms with Gasteiger partial charge in [-0.25, -0.2) is 18.0 Å². The molecule has 0 saturated carbocycles. The van der Waals surface area contributed by atoms with Crippen LogP contribution in [-0.4, -0.2) is 33.1 Å². The van der Waals surface area contributed by atoms with Crippen molar-refractivity contribution >= 4 is 46.0 Å². The van der Waals surface area contributed by atoms with Crippen LogP contribution in [0, 0.1) is 17.5 Å². The number of carboxylic acids is 1. The van der Waals surface area contributed by atoms with Crippen LogP contribution in [0.3, 0.4) is 0 Å². The largest absolute Gasteiger partial charge is 0.480 e. The molecule has 1 aromatic heterocycles. The predicted molar refractivity (Wildman–Crippen MR) is 127 cm³/mol. The number of rotatable bonds is 6. The average Bonchev–Trinajstić information content (AvgIpc) is 2.81. The predicted octanol–water partition coefficient (Wildman–Crippen LogP) is 5.54. The molecule has 0 radical (unpaired) electrons. The molecule has 6 nitrogen and oxygen atoms in total. The molecule has 1 amide bonds. The van der Waals surface area contributed by atoms with Gasteiger partial charge in [-0.3, -0.25) is 9.78 Å². The molecule has 4 rings (SSSR count). The Morgan fingerprint density at radius 3 is 2.19 bits per heavy atom. The number of carbonyl (C=O) groups excluding carboxylic acids is 1. The van der Waals surface area contributed by atoms with E-state index in [9.17, 15) is 33.0 Å². The van der Waals surface area contributed by atoms with Gasteiger partial charge in [-0.2, -0.15) is 0 Å². The Hall–Kier alpha value is -3.66. The van der Waals surface area contributed by atoms with Crippen molar-refractivity contribution in [3.05, 3.63) is 99.4 Å². The van der Waals surface area contributed by atoms with Gasteiger partial charge in [0.25, 0.3) is 5.91 Å². The van der Waals surface area contributed by atoms with Gasteiger partial charge in [0.2, 0.25) is 0 Å². The van der Waals surface area contributed by atoms with Gasteiger partial charge in [0.15, 0.2) is 6.04 Å². The number of carboxylic acid groups (broad SMARTS) is 1. The molecule has 184 valence electrons. The molecule has 4 aromatic rings. The van der Waals surface area contributed by atoms with Crippen molar-refractivity contribution in [3.63, 3.8) is 0 Å². The minimum atomic E-state index is -1.98. The second-order valence-corrected chi connectivity index (χ2v) is 8.49. The number of nitrogens with one attached hydrogen (secondary N) is 1. The number of hydrogen-bond acceptors (Lipinski definition) is 4. The van der Waals surface area contributed by atoms with Crippen LogP contribution in [-0.2, 0) is 4.79 Å². The van der Waals surface area contributed by atoms with Gasteiger partial charge >= 0.3 is 5.97 Å². The number of hydrogen-bond donors (Lipinski definition) is 3. The molecule has 0 aliphatic heterocycles. The molecule has 0 fully saturated rings. The highest BCUT2D eigenvalue weighted by Crippen LogP contribution is 2.40. The lowest BCUT2D eigenvalue weighted by Crippen LogP contribution is -2.45. The minimum absolute atomic E-state index is 0.00263. The van der Waals surface area contributed by atoms with Crippen molar-refractivity contribution < 1.29 is 33.0 Å². The van der Waals surface area contributed by atoms with Crippen molar-refractivity contribution in [2.45, 2.75) is 12.1 Å². The van der Waals surface area contributed by atoms with Crippen LogP contribution in [0.25, 0.3) is 22.0 Å². The summed E-state index contributed by atoms with van der Waals surface area (Å²) in [7, 11) is 0. The number of aliphatic hydroxyl groups is 1. The molecule has 0 aliphatic carbocycles. The van der Waals surface area contributed by atoms with Gasteiger partial charge in [0.1, 0.15) is 29.1 Å². The van der Waals surface area contributed by atoms with E-state index in [2.05, 4.69) is 4.98 Å². The van der Waals surface area contributed by atoms with Crippen molar-refractivity contribution in [1.29, 1.82) is 0 Å². The normalized spacial score (nSPS) is 12.8. The summed E-state index contributed by atoms with van der Waals surface area (Å²) in [6, 6.07) is 8.76. The first-order chi connectivity index (χ1) is 17.1. The number of halogens is 5. The third-order valence-electron chi connectivity index (χ3n) is 5.46. The second-order valence-electron chi connectivity index (χ2n) is 7.68. The van der Waals surface area contributed by atoms with E-state index >= 15 is 0 Å². The maximum Gasteiger partial charge on any atom is 0.329 e. The van der Waals surface area contributed by atoms with Gasteiger partial charge in [-0.15, -0.1) is 0 Å². The average molecular weight is 535 g/mol. The maximum absolute atomic E-state index is 14.0. The fraction of sp³-hybridized carbons (Fsp3) is 0.0800. The van der Waals surface area contributed by atoms with Crippen LogP contribution in [0.1, 0.15) is 22.0 Å². The number of amides is 1. The van der Waals surface area contributed by atoms with Crippen LogP contribution in [0.15, 0.2) is 60.8 Å². The summed E-state index contributed by atoms with van der Waals surface area (Å²) in [6.07, 6.45) is -0.425. The lowest BCUT2D eigenvalue weighted by Gasteiger charge is -2.23. The number of pyridine rings is 1. The summed E-state index contributed by atoms with van der Waals surface area (Å²) in [4.78, 5) is 28.7. The molecule has 1 heterocycles. The molecule has 0 bridgehead atoms. The van der Waals surface area contributed by atoms with Crippen LogP contribution in [0.4, 0.5) is 13.2 Å². The molecule has 3 aromatic carbocycles. The molecule has 3 N–H and O–H groups in total. The van der Waals surface area contributed by atoms with Crippen LogP contribution in [0.5, 0.6) is 0 Å². The SMILES string of the molecule is O=C(N[C@H](C(=O)O)[C@@H](O)c1ccc(-c2c(Cl)cc(F)cc2Cl)c2ncccc12)c1c(F)cccc1F. The minimum Gasteiger partial charge on any atom is -0.480 e. The van der Waals surface area contributed by atoms with E-state index in [1.807, 2.05) is 5.32 Å². The summed E-state index contributed by atoms with van der Waals surface area (Å²) < 4.78 is 41.7. The lowest BCUT2D eigenvalue weighted by molar-refractivity contribution is -0.142. The number of benzene rings is 3. The number of fused-ring (bicyclic) bond motifs is 1. The van der Waals surface area contributed by atoms with E-state index in [1.165, 1.54) is 30.5 Å². The smallest absolute Gasteiger partial charge is 0.329 e. The Kier molecular flexibility index (Phi) is 7.16. The highest BCUT2D eigenvalue weighted by atomic mass is 35.5. The third kappa shape index (κ3) is 4.73. The zero-order valence-electron chi connectivity index (χ0n) is 18.0. The monoisotopic (exact) mass is 534 g/mol. The Bertz CT molecular complexity index is 1470. The molecule has 11 heteroatoms. The molecule has 0 saturated heterocycles. The molecule has 2 atom stereocenters. The third-order valence-corrected chi connectivity index (χ3v) is 6.05. The quantitative estimate of drug-likeness (QED) is 0.301. The summed E-state index contributed by atoms with van der Waals surface area (Å²) in [6.45, 7) is 0. The molecular weight excluding hydrogens is 520 g/mol. The van der Waals surface area contributed by atoms with Gasteiger partial charge in [-0.1, -0.05) is 47.5 Å². The maximum atomic E-state index is 14.0. The van der Waals surface area contributed by atoms with Crippen LogP contribution >= 0.6 is 23.2 Å². The first-order valence-corrected chi connectivity index (χ1v) is 11.0. The lowest BCUT2D eigenvalue weighted by atomic mass is 9.93. The van der Waals surface area contributed by atoms with Gasteiger partial charge in [-0.05, 0) is 35.9 Å². The van der Waals surface area contributed by atoms with Crippen LogP contribution < -0.4 is 5.32 Å². The Morgan fingerprint density at radius 1 is 0.944 bits per heavy atom. The molecule has 36 heavy (non-hydrogen) atoms. The standard InChI is InChI=1S/C25H15Cl2F3N2O4/c26-15-9-11(28)10-16(27)19(15)14-7-6-13(12-3-2-8-31-21(12)14)23(33)22(25(35)36)32-24(34)20-17(29)4-1-5-18(20)30/h1-10,22-23,33H,(H,32,34)(H,35,36)/t22-,23-/m0/s1. The number of carbonyl (C=O) groups is 2. The Morgan fingerprint density at radius 2 is 1.58 bits per heavy atom. The summed E-state index contributed by atoms with van der Waals surface area (Å²) in [5, 5.41) is 22.9. The van der Waals surface area contributed by atoms with Gasteiger partial charge in [0, 0.05) is 22.7 Å². The van der Waals surface area contributed by atoms with Crippen molar-refractivity contribution in [1.82, 2.24) is 10.3 Å². The second kappa shape index (κ2) is 10.1. The van der Waals surface area contributed by atoms with E-state index in [4.69, 9.17) is 23.2 Å². The first-order valence-electron chi connectivity index (χ1n) is 10.3. The molecular formula is C25H15Cl2F3N2O4. The molecule has 0 unspecified atom stereocenters. The fourth-order valence-electron chi connectivity index (χ4n) is 3.84. The highest BCUT2D eigenvalue weighted by molar-refractivity contribution is 6.39. The van der Waals surface area contributed by atoms with Crippen molar-refractivity contribution in [3.8, 4) is 11.1 Å². The molecule has 0 aliphatic rings. The topological polar surface area (TPSA) is 99.5 Å².